The first-order valence-corrected chi connectivity index (χ1v) is 6.72. The van der Waals surface area contributed by atoms with Crippen LogP contribution in [0.4, 0.5) is 0 Å². The molecule has 0 aliphatic carbocycles. The van der Waals surface area contributed by atoms with Crippen molar-refractivity contribution in [2.75, 3.05) is 5.75 Å². The van der Waals surface area contributed by atoms with Gasteiger partial charge in [-0.05, 0) is 5.10 Å². The van der Waals surface area contributed by atoms with E-state index in [2.05, 4.69) is 15.4 Å². The minimum Gasteiger partial charge on any atom is -0.285 e. The Morgan fingerprint density at radius 1 is 1.50 bits per heavy atom. The summed E-state index contributed by atoms with van der Waals surface area (Å²) in [5.74, 6) is -0.366. The van der Waals surface area contributed by atoms with Crippen LogP contribution in [0, 0.1) is 0 Å². The average molecular weight is 270 g/mol. The lowest BCUT2D eigenvalue weighted by Crippen LogP contribution is -2.40. The van der Waals surface area contributed by atoms with E-state index in [1.165, 1.54) is 4.68 Å². The smallest absolute Gasteiger partial charge is 0.271 e. The van der Waals surface area contributed by atoms with Crippen molar-refractivity contribution in [2.24, 2.45) is 7.05 Å². The Balaban J connectivity index is 2.10. The largest absolute Gasteiger partial charge is 0.285 e. The monoisotopic (exact) mass is 270 g/mol. The highest BCUT2D eigenvalue weighted by molar-refractivity contribution is 7.85. The lowest BCUT2D eigenvalue weighted by Gasteiger charge is -1.95. The summed E-state index contributed by atoms with van der Waals surface area (Å²) < 4.78 is 32.8. The molecule has 0 fully saturated rings. The van der Waals surface area contributed by atoms with E-state index in [0.29, 0.717) is 5.69 Å². The van der Waals surface area contributed by atoms with E-state index >= 15 is 0 Å². The van der Waals surface area contributed by atoms with Gasteiger partial charge in [-0.2, -0.15) is 8.42 Å². The fourth-order valence-corrected chi connectivity index (χ4v) is 1.77. The summed E-state index contributed by atoms with van der Waals surface area (Å²) in [6.45, 7) is 0.0968. The van der Waals surface area contributed by atoms with E-state index in [1.54, 1.807) is 36.4 Å². The number of nitrogens with zero attached hydrogens (tertiary/aromatic N) is 5. The molecule has 0 aromatic carbocycles. The molecule has 96 valence electrons. The summed E-state index contributed by atoms with van der Waals surface area (Å²) in [6.07, 6.45) is 4.93. The third-order valence-electron chi connectivity index (χ3n) is 2.25. The third kappa shape index (κ3) is 3.31. The molecule has 9 heteroatoms. The zero-order chi connectivity index (χ0) is 13.2. The fourth-order valence-electron chi connectivity index (χ4n) is 1.36. The molecule has 0 amide bonds. The van der Waals surface area contributed by atoms with Gasteiger partial charge in [0.25, 0.3) is 10.1 Å². The number of aryl methyl sites for hydroxylation is 2. The average Bonchev–Trinajstić information content (AvgIpc) is 2.73. The van der Waals surface area contributed by atoms with Crippen molar-refractivity contribution >= 4 is 10.1 Å². The second-order valence-electron chi connectivity index (χ2n) is 3.74. The third-order valence-corrected chi connectivity index (χ3v) is 2.95. The van der Waals surface area contributed by atoms with Gasteiger partial charge in [-0.25, -0.2) is 0 Å². The number of hydrogen-bond acceptors (Lipinski definition) is 5. The molecule has 0 unspecified atom stereocenters. The molecule has 0 aliphatic rings. The predicted octanol–water partition coefficient (Wildman–Crippen LogP) is -0.948. The van der Waals surface area contributed by atoms with Crippen LogP contribution in [0.1, 0.15) is 0 Å². The van der Waals surface area contributed by atoms with Gasteiger partial charge in [0.2, 0.25) is 0 Å². The highest BCUT2D eigenvalue weighted by atomic mass is 32.2. The molecule has 0 aliphatic heterocycles. The maximum atomic E-state index is 10.6. The van der Waals surface area contributed by atoms with Crippen LogP contribution in [-0.2, 0) is 23.7 Å². The number of aromatic nitrogens is 5. The summed E-state index contributed by atoms with van der Waals surface area (Å²) in [6, 6.07) is 1.75. The predicted molar refractivity (Wildman–Crippen MR) is 60.8 cm³/mol. The molecule has 2 rings (SSSR count). The van der Waals surface area contributed by atoms with Crippen molar-refractivity contribution < 1.29 is 17.7 Å². The quantitative estimate of drug-likeness (QED) is 0.568. The van der Waals surface area contributed by atoms with Gasteiger partial charge in [0.1, 0.15) is 17.6 Å². The molecular weight excluding hydrogens is 258 g/mol. The first-order valence-electron chi connectivity index (χ1n) is 5.12. The second-order valence-corrected chi connectivity index (χ2v) is 5.31. The molecule has 0 saturated heterocycles. The van der Waals surface area contributed by atoms with Gasteiger partial charge in [0.15, 0.2) is 12.7 Å². The Morgan fingerprint density at radius 2 is 2.28 bits per heavy atom. The maximum Gasteiger partial charge on any atom is 0.271 e. The van der Waals surface area contributed by atoms with Gasteiger partial charge < -0.3 is 0 Å². The lowest BCUT2D eigenvalue weighted by molar-refractivity contribution is -0.750. The molecule has 1 N–H and O–H groups in total. The molecule has 2 aromatic heterocycles. The molecule has 0 radical (unpaired) electrons. The van der Waals surface area contributed by atoms with Crippen LogP contribution >= 0.6 is 0 Å². The Labute approximate surface area is 104 Å². The van der Waals surface area contributed by atoms with Gasteiger partial charge in [-0.1, -0.05) is 9.90 Å². The van der Waals surface area contributed by atoms with Gasteiger partial charge in [-0.15, -0.1) is 5.10 Å². The number of rotatable bonds is 4. The van der Waals surface area contributed by atoms with E-state index in [1.807, 2.05) is 0 Å². The van der Waals surface area contributed by atoms with Gasteiger partial charge >= 0.3 is 0 Å². The molecule has 2 aromatic rings. The summed E-state index contributed by atoms with van der Waals surface area (Å²) in [4.78, 5) is 0. The van der Waals surface area contributed by atoms with Crippen molar-refractivity contribution in [2.45, 2.75) is 6.54 Å². The summed E-state index contributed by atoms with van der Waals surface area (Å²) in [5, 5.41) is 11.8. The Hall–Kier alpha value is -1.87. The van der Waals surface area contributed by atoms with E-state index in [9.17, 15) is 8.42 Å². The maximum absolute atomic E-state index is 10.6. The van der Waals surface area contributed by atoms with E-state index in [4.69, 9.17) is 4.55 Å². The van der Waals surface area contributed by atoms with Gasteiger partial charge in [-0.3, -0.25) is 9.23 Å². The Bertz CT molecular complexity index is 634. The van der Waals surface area contributed by atoms with E-state index < -0.39 is 10.1 Å². The van der Waals surface area contributed by atoms with E-state index in [0.717, 1.165) is 5.56 Å². The van der Waals surface area contributed by atoms with Gasteiger partial charge in [0, 0.05) is 18.7 Å². The van der Waals surface area contributed by atoms with Gasteiger partial charge in [0.05, 0.1) is 6.20 Å². The van der Waals surface area contributed by atoms with Crippen LogP contribution in [0.25, 0.3) is 11.3 Å². The Kier molecular flexibility index (Phi) is 3.34. The molecule has 0 saturated carbocycles. The van der Waals surface area contributed by atoms with Crippen LogP contribution in [0.2, 0.25) is 0 Å². The van der Waals surface area contributed by atoms with Crippen LogP contribution in [0.5, 0.6) is 0 Å². The molecule has 18 heavy (non-hydrogen) atoms. The highest BCUT2D eigenvalue weighted by Gasteiger charge is 2.12. The zero-order valence-electron chi connectivity index (χ0n) is 9.63. The standard InChI is InChI=1S/C9H11N5O3S/c1-13-7-9(11-12-13)8-2-3-14(10-6-8)4-5-18(15,16)17/h2-3,6-7H,4-5H2,1H3/p+1. The normalized spacial score (nSPS) is 11.7. The Morgan fingerprint density at radius 3 is 2.78 bits per heavy atom. The van der Waals surface area contributed by atoms with Crippen molar-refractivity contribution in [1.29, 1.82) is 0 Å². The molecule has 8 nitrogen and oxygen atoms in total. The molecular formula is C9H12N5O3S+. The first-order chi connectivity index (χ1) is 8.44. The lowest BCUT2D eigenvalue weighted by atomic mass is 10.2. The minimum absolute atomic E-state index is 0.0968. The highest BCUT2D eigenvalue weighted by Crippen LogP contribution is 2.11. The van der Waals surface area contributed by atoms with Crippen LogP contribution in [-0.4, -0.2) is 38.8 Å². The first kappa shape index (κ1) is 12.6. The minimum atomic E-state index is -3.97. The summed E-state index contributed by atoms with van der Waals surface area (Å²) in [5.41, 5.74) is 1.47. The zero-order valence-corrected chi connectivity index (χ0v) is 10.4. The summed E-state index contributed by atoms with van der Waals surface area (Å²) in [7, 11) is -2.20. The van der Waals surface area contributed by atoms with E-state index in [-0.39, 0.29) is 12.3 Å². The fraction of sp³-hybridized carbons (Fsp3) is 0.333. The van der Waals surface area contributed by atoms with Crippen LogP contribution < -0.4 is 4.68 Å². The number of hydrogen-bond donors (Lipinski definition) is 1. The second kappa shape index (κ2) is 4.78. The van der Waals surface area contributed by atoms with Crippen molar-refractivity contribution in [1.82, 2.24) is 20.1 Å². The van der Waals surface area contributed by atoms with Crippen molar-refractivity contribution in [3.63, 3.8) is 0 Å². The molecule has 0 atom stereocenters. The molecule has 0 bridgehead atoms. The summed E-state index contributed by atoms with van der Waals surface area (Å²) >= 11 is 0. The molecule has 0 spiro atoms. The van der Waals surface area contributed by atoms with Crippen molar-refractivity contribution in [3.8, 4) is 11.3 Å². The van der Waals surface area contributed by atoms with Crippen molar-refractivity contribution in [3.05, 3.63) is 24.7 Å². The topological polar surface area (TPSA) is 102 Å². The van der Waals surface area contributed by atoms with Crippen LogP contribution in [0.15, 0.2) is 24.7 Å². The van der Waals surface area contributed by atoms with Crippen LogP contribution in [0.3, 0.4) is 0 Å². The molecule has 2 heterocycles. The SMILES string of the molecule is Cn1cc(-c2cc[n+](CCS(=O)(=O)O)nc2)nn1.